The summed E-state index contributed by atoms with van der Waals surface area (Å²) >= 11 is 0. The van der Waals surface area contributed by atoms with Crippen LogP contribution < -0.4 is 5.32 Å². The van der Waals surface area contributed by atoms with E-state index in [1.807, 2.05) is 39.8 Å². The number of anilines is 1. The molecule has 0 saturated heterocycles. The minimum absolute atomic E-state index is 0.134. The second-order valence-corrected chi connectivity index (χ2v) is 8.66. The number of sulfone groups is 1. The molecule has 24 heavy (non-hydrogen) atoms. The van der Waals surface area contributed by atoms with Gasteiger partial charge in [-0.1, -0.05) is 32.4 Å². The number of hydrogen-bond donors (Lipinski definition) is 1. The van der Waals surface area contributed by atoms with E-state index in [1.54, 1.807) is 12.1 Å². The molecule has 2 rings (SSSR count). The van der Waals surface area contributed by atoms with E-state index in [-0.39, 0.29) is 11.1 Å². The Labute approximate surface area is 142 Å². The molecule has 6 nitrogen and oxygen atoms in total. The van der Waals surface area contributed by atoms with Gasteiger partial charge in [0.15, 0.2) is 0 Å². The van der Waals surface area contributed by atoms with Gasteiger partial charge in [-0.15, -0.1) is 0 Å². The van der Waals surface area contributed by atoms with Gasteiger partial charge in [-0.05, 0) is 25.1 Å². The third-order valence-electron chi connectivity index (χ3n) is 3.35. The molecule has 0 bridgehead atoms. The van der Waals surface area contributed by atoms with Crippen LogP contribution in [0.25, 0.3) is 11.3 Å². The number of benzene rings is 1. The van der Waals surface area contributed by atoms with Crippen LogP contribution in [-0.2, 0) is 14.6 Å². The number of rotatable bonds is 3. The lowest BCUT2D eigenvalue weighted by Crippen LogP contribution is -2.27. The fraction of sp³-hybridized carbons (Fsp3) is 0.353. The van der Waals surface area contributed by atoms with Crippen molar-refractivity contribution in [2.45, 2.75) is 32.9 Å². The number of hydrogen-bond acceptors (Lipinski definition) is 5. The highest BCUT2D eigenvalue weighted by Crippen LogP contribution is 2.29. The van der Waals surface area contributed by atoms with Gasteiger partial charge in [-0.2, -0.15) is 0 Å². The van der Waals surface area contributed by atoms with Gasteiger partial charge >= 0.3 is 0 Å². The van der Waals surface area contributed by atoms with Crippen LogP contribution in [0.15, 0.2) is 35.6 Å². The average molecular weight is 347 g/mol. The first-order valence-electron chi connectivity index (χ1n) is 7.44. The van der Waals surface area contributed by atoms with Crippen molar-refractivity contribution in [3.63, 3.8) is 0 Å². The summed E-state index contributed by atoms with van der Waals surface area (Å²) in [7, 11) is -3.51. The van der Waals surface area contributed by atoms with Crippen LogP contribution in [0.5, 0.6) is 0 Å². The molecule has 0 fully saturated rings. The van der Waals surface area contributed by atoms with Gasteiger partial charge in [0.1, 0.15) is 0 Å². The summed E-state index contributed by atoms with van der Waals surface area (Å²) < 4.78 is 23.4. The molecule has 0 aliphatic carbocycles. The van der Waals surface area contributed by atoms with Gasteiger partial charge in [-0.25, -0.2) is 18.4 Å². The molecule has 0 aliphatic rings. The van der Waals surface area contributed by atoms with Crippen molar-refractivity contribution in [1.29, 1.82) is 0 Å². The average Bonchev–Trinajstić information content (AvgIpc) is 2.47. The number of aromatic nitrogens is 2. The van der Waals surface area contributed by atoms with Crippen molar-refractivity contribution in [2.24, 2.45) is 5.41 Å². The molecule has 0 aliphatic heterocycles. The monoisotopic (exact) mass is 347 g/mol. The van der Waals surface area contributed by atoms with E-state index in [1.165, 1.54) is 6.20 Å². The van der Waals surface area contributed by atoms with Crippen LogP contribution in [0.2, 0.25) is 0 Å². The first-order valence-corrected chi connectivity index (χ1v) is 9.33. The summed E-state index contributed by atoms with van der Waals surface area (Å²) in [6.07, 6.45) is 2.46. The largest absolute Gasteiger partial charge is 0.325 e. The SMILES string of the molecule is Cc1ccc(NC(=O)C(C)(C)C)c(-c2ccnc(S(C)(=O)=O)n2)c1. The smallest absolute Gasteiger partial charge is 0.247 e. The predicted molar refractivity (Wildman–Crippen MR) is 93.4 cm³/mol. The lowest BCUT2D eigenvalue weighted by molar-refractivity contribution is -0.123. The van der Waals surface area contributed by atoms with Crippen LogP contribution in [0, 0.1) is 12.3 Å². The summed E-state index contributed by atoms with van der Waals surface area (Å²) in [6.45, 7) is 7.38. The lowest BCUT2D eigenvalue weighted by atomic mass is 9.95. The summed E-state index contributed by atoms with van der Waals surface area (Å²) in [4.78, 5) is 20.2. The predicted octanol–water partition coefficient (Wildman–Crippen LogP) is 2.84. The molecule has 1 amide bonds. The highest BCUT2D eigenvalue weighted by molar-refractivity contribution is 7.90. The molecule has 0 atom stereocenters. The normalized spacial score (nSPS) is 12.0. The zero-order valence-corrected chi connectivity index (χ0v) is 15.2. The topological polar surface area (TPSA) is 89.0 Å². The van der Waals surface area contributed by atoms with Gasteiger partial charge in [0.25, 0.3) is 0 Å². The summed E-state index contributed by atoms with van der Waals surface area (Å²) in [5.41, 5.74) is 2.10. The third kappa shape index (κ3) is 4.17. The number of aryl methyl sites for hydroxylation is 1. The van der Waals surface area contributed by atoms with E-state index in [9.17, 15) is 13.2 Å². The quantitative estimate of drug-likeness (QED) is 0.863. The molecular formula is C17H21N3O3S. The van der Waals surface area contributed by atoms with Gasteiger partial charge in [0.05, 0.1) is 11.4 Å². The van der Waals surface area contributed by atoms with Crippen molar-refractivity contribution in [1.82, 2.24) is 9.97 Å². The summed E-state index contributed by atoms with van der Waals surface area (Å²) in [5.74, 6) is -0.134. The number of carbonyl (C=O) groups excluding carboxylic acids is 1. The second-order valence-electron chi connectivity index (χ2n) is 6.75. The summed E-state index contributed by atoms with van der Waals surface area (Å²) in [5, 5.41) is 2.64. The fourth-order valence-corrected chi connectivity index (χ4v) is 2.47. The van der Waals surface area contributed by atoms with Crippen LogP contribution in [0.4, 0.5) is 5.69 Å². The number of carbonyl (C=O) groups is 1. The molecule has 0 spiro atoms. The van der Waals surface area contributed by atoms with Gasteiger partial charge < -0.3 is 5.32 Å². The van der Waals surface area contributed by atoms with Gasteiger partial charge in [0.2, 0.25) is 20.9 Å². The Kier molecular flexibility index (Phi) is 4.75. The maximum absolute atomic E-state index is 12.3. The van der Waals surface area contributed by atoms with Crippen molar-refractivity contribution in [3.05, 3.63) is 36.0 Å². The van der Waals surface area contributed by atoms with Crippen molar-refractivity contribution >= 4 is 21.4 Å². The molecule has 0 radical (unpaired) electrons. The molecule has 1 aromatic carbocycles. The molecule has 1 heterocycles. The van der Waals surface area contributed by atoms with Crippen molar-refractivity contribution in [3.8, 4) is 11.3 Å². The van der Waals surface area contributed by atoms with Crippen molar-refractivity contribution < 1.29 is 13.2 Å². The van der Waals surface area contributed by atoms with Crippen molar-refractivity contribution in [2.75, 3.05) is 11.6 Å². The molecule has 0 saturated carbocycles. The molecule has 1 N–H and O–H groups in total. The first-order chi connectivity index (χ1) is 11.0. The maximum Gasteiger partial charge on any atom is 0.247 e. The first kappa shape index (κ1) is 18.1. The van der Waals surface area contributed by atoms with Gasteiger partial charge in [0, 0.05) is 23.4 Å². The number of nitrogens with one attached hydrogen (secondary N) is 1. The minimum Gasteiger partial charge on any atom is -0.325 e. The molecule has 128 valence electrons. The molecule has 1 aromatic heterocycles. The minimum atomic E-state index is -3.51. The van der Waals surface area contributed by atoms with E-state index < -0.39 is 15.3 Å². The molecule has 2 aromatic rings. The second kappa shape index (κ2) is 6.32. The Balaban J connectivity index is 2.55. The number of nitrogens with zero attached hydrogens (tertiary/aromatic N) is 2. The lowest BCUT2D eigenvalue weighted by Gasteiger charge is -2.19. The van der Waals surface area contributed by atoms with E-state index in [4.69, 9.17) is 0 Å². The maximum atomic E-state index is 12.3. The highest BCUT2D eigenvalue weighted by Gasteiger charge is 2.23. The highest BCUT2D eigenvalue weighted by atomic mass is 32.2. The van der Waals surface area contributed by atoms with E-state index in [2.05, 4.69) is 15.3 Å². The summed E-state index contributed by atoms with van der Waals surface area (Å²) in [6, 6.07) is 7.14. The number of amides is 1. The molecular weight excluding hydrogens is 326 g/mol. The van der Waals surface area contributed by atoms with Crippen LogP contribution in [0.3, 0.4) is 0 Å². The zero-order valence-electron chi connectivity index (χ0n) is 14.4. The third-order valence-corrected chi connectivity index (χ3v) is 4.21. The van der Waals surface area contributed by atoms with Crippen LogP contribution >= 0.6 is 0 Å². The Morgan fingerprint density at radius 3 is 2.42 bits per heavy atom. The zero-order chi connectivity index (χ0) is 18.1. The molecule has 0 unspecified atom stereocenters. The van der Waals surface area contributed by atoms with E-state index >= 15 is 0 Å². The fourth-order valence-electron chi connectivity index (χ4n) is 1.96. The Hall–Kier alpha value is -2.28. The van der Waals surface area contributed by atoms with Gasteiger partial charge in [-0.3, -0.25) is 4.79 Å². The Bertz CT molecular complexity index is 884. The van der Waals surface area contributed by atoms with E-state index in [0.29, 0.717) is 16.9 Å². The Morgan fingerprint density at radius 2 is 1.83 bits per heavy atom. The Morgan fingerprint density at radius 1 is 1.17 bits per heavy atom. The van der Waals surface area contributed by atoms with Crippen LogP contribution in [0.1, 0.15) is 26.3 Å². The van der Waals surface area contributed by atoms with Crippen LogP contribution in [-0.4, -0.2) is 30.5 Å². The molecule has 7 heteroatoms. The van der Waals surface area contributed by atoms with E-state index in [0.717, 1.165) is 11.8 Å². The standard InChI is InChI=1S/C17H21N3O3S/c1-11-6-7-13(19-15(21)17(2,3)4)12(10-11)14-8-9-18-16(20-14)24(5,22)23/h6-10H,1-5H3,(H,19,21).